The molecule has 2 aromatic heterocycles. The van der Waals surface area contributed by atoms with Crippen molar-refractivity contribution < 1.29 is 12.8 Å². The quantitative estimate of drug-likeness (QED) is 0.736. The highest BCUT2D eigenvalue weighted by Gasteiger charge is 2.13. The Kier molecular flexibility index (Phi) is 4.51. The number of nitrogens with zero attached hydrogens (tertiary/aromatic N) is 3. The molecule has 0 aliphatic rings. The number of halogens is 1. The summed E-state index contributed by atoms with van der Waals surface area (Å²) in [6.07, 6.45) is 3.91. The van der Waals surface area contributed by atoms with Gasteiger partial charge < -0.3 is 0 Å². The van der Waals surface area contributed by atoms with Gasteiger partial charge in [-0.15, -0.1) is 11.3 Å². The van der Waals surface area contributed by atoms with Crippen LogP contribution in [-0.2, 0) is 16.4 Å². The molecule has 23 heavy (non-hydrogen) atoms. The van der Waals surface area contributed by atoms with Crippen molar-refractivity contribution in [2.24, 2.45) is 0 Å². The second-order valence-corrected chi connectivity index (χ2v) is 7.28. The number of sulfonamides is 1. The van der Waals surface area contributed by atoms with Gasteiger partial charge in [-0.05, 0) is 30.3 Å². The van der Waals surface area contributed by atoms with E-state index in [9.17, 15) is 12.8 Å². The molecule has 120 valence electrons. The molecular formula is C14H13FN4O2S2. The second kappa shape index (κ2) is 6.57. The van der Waals surface area contributed by atoms with Crippen LogP contribution in [0.15, 0.2) is 53.0 Å². The van der Waals surface area contributed by atoms with Gasteiger partial charge in [-0.25, -0.2) is 27.2 Å². The highest BCUT2D eigenvalue weighted by atomic mass is 32.2. The molecule has 0 spiro atoms. The average Bonchev–Trinajstić information content (AvgIpc) is 3.18. The van der Waals surface area contributed by atoms with Gasteiger partial charge in [0.1, 0.15) is 5.82 Å². The Morgan fingerprint density at radius 3 is 2.74 bits per heavy atom. The van der Waals surface area contributed by atoms with Gasteiger partial charge in [0.05, 0.1) is 10.6 Å². The lowest BCUT2D eigenvalue weighted by molar-refractivity contribution is 0.580. The maximum absolute atomic E-state index is 12.8. The lowest BCUT2D eigenvalue weighted by Crippen LogP contribution is -2.26. The van der Waals surface area contributed by atoms with Crippen LogP contribution in [0.3, 0.4) is 0 Å². The summed E-state index contributed by atoms with van der Waals surface area (Å²) in [6, 6.07) is 6.50. The van der Waals surface area contributed by atoms with Crippen molar-refractivity contribution >= 4 is 21.4 Å². The van der Waals surface area contributed by atoms with E-state index in [0.717, 1.165) is 23.0 Å². The minimum atomic E-state index is -3.64. The van der Waals surface area contributed by atoms with Crippen LogP contribution in [0.5, 0.6) is 0 Å². The highest BCUT2D eigenvalue weighted by molar-refractivity contribution is 7.89. The minimum absolute atomic E-state index is 0.0365. The van der Waals surface area contributed by atoms with Gasteiger partial charge >= 0.3 is 0 Å². The van der Waals surface area contributed by atoms with Gasteiger partial charge in [-0.3, -0.25) is 0 Å². The molecule has 3 aromatic rings. The van der Waals surface area contributed by atoms with Crippen LogP contribution in [-0.4, -0.2) is 29.7 Å². The maximum Gasteiger partial charge on any atom is 0.240 e. The van der Waals surface area contributed by atoms with Crippen molar-refractivity contribution in [3.05, 3.63) is 59.6 Å². The molecule has 6 nitrogen and oxygen atoms in total. The normalized spacial score (nSPS) is 11.7. The molecule has 0 aliphatic heterocycles. The molecule has 0 aliphatic carbocycles. The van der Waals surface area contributed by atoms with Gasteiger partial charge in [0.2, 0.25) is 15.2 Å². The van der Waals surface area contributed by atoms with E-state index in [1.807, 2.05) is 5.38 Å². The molecule has 9 heteroatoms. The Labute approximate surface area is 136 Å². The molecule has 0 bridgehead atoms. The van der Waals surface area contributed by atoms with Gasteiger partial charge in [-0.1, -0.05) is 0 Å². The second-order valence-electron chi connectivity index (χ2n) is 4.67. The van der Waals surface area contributed by atoms with Crippen molar-refractivity contribution in [1.29, 1.82) is 0 Å². The first kappa shape index (κ1) is 15.8. The molecule has 0 atom stereocenters. The topological polar surface area (TPSA) is 76.9 Å². The van der Waals surface area contributed by atoms with E-state index in [4.69, 9.17) is 0 Å². The van der Waals surface area contributed by atoms with Crippen LogP contribution in [0.1, 0.15) is 5.69 Å². The predicted octanol–water partition coefficient (Wildman–Crippen LogP) is 1.99. The molecule has 0 fully saturated rings. The molecule has 0 saturated carbocycles. The third-order valence-corrected chi connectivity index (χ3v) is 5.39. The van der Waals surface area contributed by atoms with E-state index in [0.29, 0.717) is 6.42 Å². The number of aromatic nitrogens is 3. The maximum atomic E-state index is 12.8. The van der Waals surface area contributed by atoms with Crippen molar-refractivity contribution in [3.63, 3.8) is 0 Å². The van der Waals surface area contributed by atoms with Crippen LogP contribution in [0.25, 0.3) is 5.13 Å². The number of nitrogens with one attached hydrogen (secondary N) is 1. The monoisotopic (exact) mass is 352 g/mol. The first-order chi connectivity index (χ1) is 11.0. The standard InChI is InChI=1S/C14H13FN4O2S2/c15-11-2-4-13(5-3-11)23(20,21)17-8-6-12-10-22-14(18-12)19-9-1-7-16-19/h1-5,7,9-10,17H,6,8H2. The smallest absolute Gasteiger partial charge is 0.223 e. The van der Waals surface area contributed by atoms with Crippen molar-refractivity contribution in [3.8, 4) is 5.13 Å². The largest absolute Gasteiger partial charge is 0.240 e. The predicted molar refractivity (Wildman–Crippen MR) is 84.5 cm³/mol. The molecule has 0 radical (unpaired) electrons. The zero-order chi connectivity index (χ0) is 16.3. The molecule has 1 aromatic carbocycles. The van der Waals surface area contributed by atoms with Crippen LogP contribution in [0.2, 0.25) is 0 Å². The molecule has 0 amide bonds. The van der Waals surface area contributed by atoms with E-state index in [2.05, 4.69) is 14.8 Å². The van der Waals surface area contributed by atoms with Gasteiger partial charge in [-0.2, -0.15) is 5.10 Å². The summed E-state index contributed by atoms with van der Waals surface area (Å²) in [5.74, 6) is -0.474. The van der Waals surface area contributed by atoms with Gasteiger partial charge in [0.25, 0.3) is 0 Å². The number of thiazole rings is 1. The fourth-order valence-electron chi connectivity index (χ4n) is 1.91. The Bertz CT molecular complexity index is 874. The Hall–Kier alpha value is -2.10. The SMILES string of the molecule is O=S(=O)(NCCc1csc(-n2cccn2)n1)c1ccc(F)cc1. The zero-order valence-corrected chi connectivity index (χ0v) is 13.5. The van der Waals surface area contributed by atoms with E-state index in [-0.39, 0.29) is 11.4 Å². The average molecular weight is 352 g/mol. The summed E-state index contributed by atoms with van der Waals surface area (Å²) >= 11 is 1.43. The Morgan fingerprint density at radius 2 is 2.04 bits per heavy atom. The molecular weight excluding hydrogens is 339 g/mol. The molecule has 0 saturated heterocycles. The summed E-state index contributed by atoms with van der Waals surface area (Å²) in [7, 11) is -3.64. The summed E-state index contributed by atoms with van der Waals surface area (Å²) in [4.78, 5) is 4.43. The third-order valence-electron chi connectivity index (χ3n) is 3.04. The fraction of sp³-hybridized carbons (Fsp3) is 0.143. The van der Waals surface area contributed by atoms with Crippen LogP contribution in [0, 0.1) is 5.82 Å². The first-order valence-corrected chi connectivity index (χ1v) is 9.10. The third kappa shape index (κ3) is 3.81. The lowest BCUT2D eigenvalue weighted by Gasteiger charge is -2.05. The van der Waals surface area contributed by atoms with Gasteiger partial charge in [0.15, 0.2) is 0 Å². The van der Waals surface area contributed by atoms with Crippen molar-refractivity contribution in [2.45, 2.75) is 11.3 Å². The Morgan fingerprint density at radius 1 is 1.26 bits per heavy atom. The van der Waals surface area contributed by atoms with Crippen molar-refractivity contribution in [1.82, 2.24) is 19.5 Å². The summed E-state index contributed by atoms with van der Waals surface area (Å²) in [5.41, 5.74) is 0.780. The summed E-state index contributed by atoms with van der Waals surface area (Å²) < 4.78 is 41.1. The fourth-order valence-corrected chi connectivity index (χ4v) is 3.74. The minimum Gasteiger partial charge on any atom is -0.223 e. The first-order valence-electron chi connectivity index (χ1n) is 6.74. The number of benzene rings is 1. The molecule has 1 N–H and O–H groups in total. The van der Waals surface area contributed by atoms with E-state index >= 15 is 0 Å². The number of hydrogen-bond donors (Lipinski definition) is 1. The summed E-state index contributed by atoms with van der Waals surface area (Å²) in [6.45, 7) is 0.210. The summed E-state index contributed by atoms with van der Waals surface area (Å²) in [5, 5.41) is 6.68. The van der Waals surface area contributed by atoms with Gasteiger partial charge in [0, 0.05) is 30.7 Å². The van der Waals surface area contributed by atoms with Crippen LogP contribution >= 0.6 is 11.3 Å². The zero-order valence-electron chi connectivity index (χ0n) is 11.9. The number of rotatable bonds is 6. The Balaban J connectivity index is 1.60. The molecule has 3 rings (SSSR count). The lowest BCUT2D eigenvalue weighted by atomic mass is 10.3. The van der Waals surface area contributed by atoms with E-state index in [1.165, 1.54) is 23.5 Å². The van der Waals surface area contributed by atoms with Crippen molar-refractivity contribution in [2.75, 3.05) is 6.54 Å². The number of hydrogen-bond acceptors (Lipinski definition) is 5. The van der Waals surface area contributed by atoms with E-state index in [1.54, 1.807) is 23.1 Å². The van der Waals surface area contributed by atoms with Crippen LogP contribution < -0.4 is 4.72 Å². The van der Waals surface area contributed by atoms with Crippen LogP contribution in [0.4, 0.5) is 4.39 Å². The highest BCUT2D eigenvalue weighted by Crippen LogP contribution is 2.14. The molecule has 0 unspecified atom stereocenters. The van der Waals surface area contributed by atoms with E-state index < -0.39 is 15.8 Å². The molecule has 2 heterocycles.